The Labute approximate surface area is 64.1 Å². The summed E-state index contributed by atoms with van der Waals surface area (Å²) in [7, 11) is 0. The van der Waals surface area contributed by atoms with Gasteiger partial charge in [0, 0.05) is 5.69 Å². The Morgan fingerprint density at radius 3 is 2.64 bits per heavy atom. The summed E-state index contributed by atoms with van der Waals surface area (Å²) in [6.45, 7) is 1.62. The standard InChI is InChI=1S/C8H7FN2/c1-5-6(4-10)7(9)2-3-8(5)11/h2-3H,11H2,1H3. The summed E-state index contributed by atoms with van der Waals surface area (Å²) < 4.78 is 12.8. The van der Waals surface area contributed by atoms with Crippen molar-refractivity contribution in [3.05, 3.63) is 29.1 Å². The molecule has 1 rings (SSSR count). The topological polar surface area (TPSA) is 49.8 Å². The maximum atomic E-state index is 12.8. The third-order valence-corrected chi connectivity index (χ3v) is 1.57. The molecule has 0 aliphatic carbocycles. The second-order valence-corrected chi connectivity index (χ2v) is 2.25. The number of anilines is 1. The Morgan fingerprint density at radius 1 is 1.55 bits per heavy atom. The molecule has 3 heteroatoms. The van der Waals surface area contributed by atoms with E-state index in [4.69, 9.17) is 11.0 Å². The Kier molecular flexibility index (Phi) is 1.77. The average molecular weight is 150 g/mol. The highest BCUT2D eigenvalue weighted by Gasteiger charge is 2.06. The molecule has 0 amide bonds. The molecule has 0 heterocycles. The molecule has 0 fully saturated rings. The van der Waals surface area contributed by atoms with Crippen molar-refractivity contribution in [3.63, 3.8) is 0 Å². The third kappa shape index (κ3) is 1.15. The minimum atomic E-state index is -0.515. The maximum Gasteiger partial charge on any atom is 0.141 e. The number of nitrogen functional groups attached to an aromatic ring is 1. The molecule has 2 nitrogen and oxygen atoms in total. The lowest BCUT2D eigenvalue weighted by Gasteiger charge is -2.01. The van der Waals surface area contributed by atoms with Crippen LogP contribution in [0.2, 0.25) is 0 Å². The van der Waals surface area contributed by atoms with Gasteiger partial charge in [-0.05, 0) is 24.6 Å². The third-order valence-electron chi connectivity index (χ3n) is 1.57. The highest BCUT2D eigenvalue weighted by Crippen LogP contribution is 2.17. The highest BCUT2D eigenvalue weighted by molar-refractivity contribution is 5.54. The van der Waals surface area contributed by atoms with Crippen LogP contribution in [0.25, 0.3) is 0 Å². The highest BCUT2D eigenvalue weighted by atomic mass is 19.1. The van der Waals surface area contributed by atoms with Crippen molar-refractivity contribution in [3.8, 4) is 6.07 Å². The molecular formula is C8H7FN2. The van der Waals surface area contributed by atoms with E-state index in [1.165, 1.54) is 12.1 Å². The summed E-state index contributed by atoms with van der Waals surface area (Å²) in [5.74, 6) is -0.515. The lowest BCUT2D eigenvalue weighted by atomic mass is 10.1. The van der Waals surface area contributed by atoms with Crippen molar-refractivity contribution in [2.24, 2.45) is 0 Å². The van der Waals surface area contributed by atoms with E-state index in [0.717, 1.165) is 0 Å². The quantitative estimate of drug-likeness (QED) is 0.571. The Hall–Kier alpha value is -1.56. The molecule has 0 saturated carbocycles. The lowest BCUT2D eigenvalue weighted by Crippen LogP contribution is -1.95. The molecule has 0 spiro atoms. The zero-order valence-electron chi connectivity index (χ0n) is 6.06. The number of nitrogens with zero attached hydrogens (tertiary/aromatic N) is 1. The van der Waals surface area contributed by atoms with Gasteiger partial charge in [0.05, 0.1) is 5.56 Å². The van der Waals surface area contributed by atoms with Gasteiger partial charge in [0.2, 0.25) is 0 Å². The molecule has 56 valence electrons. The van der Waals surface area contributed by atoms with E-state index in [-0.39, 0.29) is 5.56 Å². The summed E-state index contributed by atoms with van der Waals surface area (Å²) >= 11 is 0. The van der Waals surface area contributed by atoms with Crippen LogP contribution < -0.4 is 5.73 Å². The molecule has 0 radical (unpaired) electrons. The van der Waals surface area contributed by atoms with Crippen LogP contribution in [-0.2, 0) is 0 Å². The van der Waals surface area contributed by atoms with Crippen LogP contribution in [0, 0.1) is 24.1 Å². The van der Waals surface area contributed by atoms with Crippen molar-refractivity contribution >= 4 is 5.69 Å². The largest absolute Gasteiger partial charge is 0.398 e. The van der Waals surface area contributed by atoms with E-state index in [1.54, 1.807) is 13.0 Å². The van der Waals surface area contributed by atoms with Gasteiger partial charge in [-0.3, -0.25) is 0 Å². The van der Waals surface area contributed by atoms with E-state index >= 15 is 0 Å². The van der Waals surface area contributed by atoms with E-state index in [9.17, 15) is 4.39 Å². The fraction of sp³-hybridized carbons (Fsp3) is 0.125. The fourth-order valence-electron chi connectivity index (χ4n) is 0.832. The van der Waals surface area contributed by atoms with Gasteiger partial charge in [0.25, 0.3) is 0 Å². The van der Waals surface area contributed by atoms with Crippen molar-refractivity contribution in [1.29, 1.82) is 5.26 Å². The SMILES string of the molecule is Cc1c(N)ccc(F)c1C#N. The van der Waals surface area contributed by atoms with Crippen LogP contribution >= 0.6 is 0 Å². The number of hydrogen-bond acceptors (Lipinski definition) is 2. The molecule has 0 atom stereocenters. The molecular weight excluding hydrogens is 143 g/mol. The van der Waals surface area contributed by atoms with Gasteiger partial charge in [-0.1, -0.05) is 0 Å². The van der Waals surface area contributed by atoms with Gasteiger partial charge < -0.3 is 5.73 Å². The minimum absolute atomic E-state index is 0.0324. The molecule has 1 aromatic carbocycles. The molecule has 11 heavy (non-hydrogen) atoms. The van der Waals surface area contributed by atoms with Crippen LogP contribution in [-0.4, -0.2) is 0 Å². The summed E-state index contributed by atoms with van der Waals surface area (Å²) in [5, 5.41) is 8.48. The molecule has 1 aromatic rings. The number of nitriles is 1. The Bertz CT molecular complexity index is 326. The summed E-state index contributed by atoms with van der Waals surface area (Å²) in [4.78, 5) is 0. The normalized spacial score (nSPS) is 9.18. The second-order valence-electron chi connectivity index (χ2n) is 2.25. The van der Waals surface area contributed by atoms with E-state index in [1.807, 2.05) is 0 Å². The first kappa shape index (κ1) is 7.55. The van der Waals surface area contributed by atoms with Gasteiger partial charge >= 0.3 is 0 Å². The van der Waals surface area contributed by atoms with Gasteiger partial charge in [0.1, 0.15) is 11.9 Å². The van der Waals surface area contributed by atoms with Crippen LogP contribution in [0.3, 0.4) is 0 Å². The van der Waals surface area contributed by atoms with E-state index in [2.05, 4.69) is 0 Å². The number of rotatable bonds is 0. The summed E-state index contributed by atoms with van der Waals surface area (Å²) in [5.41, 5.74) is 6.43. The predicted octanol–water partition coefficient (Wildman–Crippen LogP) is 1.59. The predicted molar refractivity (Wildman–Crippen MR) is 40.3 cm³/mol. The Balaban J connectivity index is 3.44. The van der Waals surface area contributed by atoms with Crippen LogP contribution in [0.5, 0.6) is 0 Å². The van der Waals surface area contributed by atoms with Gasteiger partial charge in [-0.2, -0.15) is 5.26 Å². The monoisotopic (exact) mass is 150 g/mol. The molecule has 0 aromatic heterocycles. The molecule has 2 N–H and O–H groups in total. The van der Waals surface area contributed by atoms with Gasteiger partial charge in [-0.25, -0.2) is 4.39 Å². The van der Waals surface area contributed by atoms with Crippen molar-refractivity contribution in [2.45, 2.75) is 6.92 Å². The first-order chi connectivity index (χ1) is 5.16. The first-order valence-electron chi connectivity index (χ1n) is 3.11. The number of nitrogens with two attached hydrogens (primary N) is 1. The van der Waals surface area contributed by atoms with Crippen LogP contribution in [0.1, 0.15) is 11.1 Å². The van der Waals surface area contributed by atoms with Crippen molar-refractivity contribution in [2.75, 3.05) is 5.73 Å². The Morgan fingerprint density at radius 2 is 2.18 bits per heavy atom. The molecule has 0 saturated heterocycles. The van der Waals surface area contributed by atoms with E-state index < -0.39 is 5.82 Å². The molecule has 0 bridgehead atoms. The maximum absolute atomic E-state index is 12.8. The minimum Gasteiger partial charge on any atom is -0.398 e. The summed E-state index contributed by atoms with van der Waals surface area (Å²) in [6.07, 6.45) is 0. The van der Waals surface area contributed by atoms with Crippen LogP contribution in [0.15, 0.2) is 12.1 Å². The molecule has 0 aliphatic rings. The van der Waals surface area contributed by atoms with Crippen molar-refractivity contribution in [1.82, 2.24) is 0 Å². The fourth-order valence-corrected chi connectivity index (χ4v) is 0.832. The second kappa shape index (κ2) is 2.59. The molecule has 0 unspecified atom stereocenters. The lowest BCUT2D eigenvalue weighted by molar-refractivity contribution is 0.623. The van der Waals surface area contributed by atoms with E-state index in [0.29, 0.717) is 11.3 Å². The van der Waals surface area contributed by atoms with Gasteiger partial charge in [-0.15, -0.1) is 0 Å². The number of hydrogen-bond donors (Lipinski definition) is 1. The average Bonchev–Trinajstić information content (AvgIpc) is 1.99. The van der Waals surface area contributed by atoms with Gasteiger partial charge in [0.15, 0.2) is 0 Å². The number of benzene rings is 1. The van der Waals surface area contributed by atoms with Crippen molar-refractivity contribution < 1.29 is 4.39 Å². The summed E-state index contributed by atoms with van der Waals surface area (Å²) in [6, 6.07) is 4.39. The smallest absolute Gasteiger partial charge is 0.141 e. The zero-order chi connectivity index (χ0) is 8.43. The van der Waals surface area contributed by atoms with Crippen LogP contribution in [0.4, 0.5) is 10.1 Å². The molecule has 0 aliphatic heterocycles. The zero-order valence-corrected chi connectivity index (χ0v) is 6.06. The number of halogens is 1. The first-order valence-corrected chi connectivity index (χ1v) is 3.11.